The molecule has 0 aromatic heterocycles. The van der Waals surface area contributed by atoms with Gasteiger partial charge in [-0.25, -0.2) is 0 Å². The minimum atomic E-state index is 0.412. The molecule has 0 N–H and O–H groups in total. The average Bonchev–Trinajstić information content (AvgIpc) is 2.37. The Balaban J connectivity index is 2.08. The zero-order valence-electron chi connectivity index (χ0n) is 7.67. The second kappa shape index (κ2) is 3.59. The Hall–Kier alpha value is -0.330. The lowest BCUT2D eigenvalue weighted by Gasteiger charge is -2.20. The normalized spacial score (nSPS) is 41.8. The highest BCUT2D eigenvalue weighted by atomic mass is 16.1. The molecule has 2 rings (SSSR count). The van der Waals surface area contributed by atoms with Crippen molar-refractivity contribution in [2.45, 2.75) is 44.9 Å². The van der Waals surface area contributed by atoms with Crippen LogP contribution in [-0.4, -0.2) is 6.29 Å². The van der Waals surface area contributed by atoms with Crippen LogP contribution in [0.2, 0.25) is 0 Å². The lowest BCUT2D eigenvalue weighted by atomic mass is 9.84. The second-order valence-electron chi connectivity index (χ2n) is 4.51. The standard InChI is InChI=1S/C11H18O/c12-8-11-7-5-9-2-1-3-10(11)6-4-9/h8-11H,1-7H2. The molecule has 3 atom stereocenters. The van der Waals surface area contributed by atoms with Crippen LogP contribution < -0.4 is 0 Å². The van der Waals surface area contributed by atoms with Gasteiger partial charge < -0.3 is 4.79 Å². The molecule has 1 nitrogen and oxygen atoms in total. The summed E-state index contributed by atoms with van der Waals surface area (Å²) >= 11 is 0. The van der Waals surface area contributed by atoms with E-state index >= 15 is 0 Å². The summed E-state index contributed by atoms with van der Waals surface area (Å²) in [5.41, 5.74) is 0. The minimum Gasteiger partial charge on any atom is -0.303 e. The van der Waals surface area contributed by atoms with Crippen LogP contribution in [-0.2, 0) is 4.79 Å². The lowest BCUT2D eigenvalue weighted by molar-refractivity contribution is -0.112. The Morgan fingerprint density at radius 2 is 1.75 bits per heavy atom. The first-order valence-electron chi connectivity index (χ1n) is 5.35. The largest absolute Gasteiger partial charge is 0.303 e. The molecule has 2 saturated carbocycles. The first-order valence-corrected chi connectivity index (χ1v) is 5.35. The molecule has 3 unspecified atom stereocenters. The zero-order chi connectivity index (χ0) is 8.39. The predicted molar refractivity (Wildman–Crippen MR) is 48.9 cm³/mol. The van der Waals surface area contributed by atoms with Crippen molar-refractivity contribution in [2.24, 2.45) is 17.8 Å². The van der Waals surface area contributed by atoms with Crippen LogP contribution in [0.5, 0.6) is 0 Å². The first-order chi connectivity index (χ1) is 5.90. The Morgan fingerprint density at radius 1 is 0.917 bits per heavy atom. The fourth-order valence-electron chi connectivity index (χ4n) is 2.97. The molecular weight excluding hydrogens is 148 g/mol. The van der Waals surface area contributed by atoms with Gasteiger partial charge in [-0.05, 0) is 37.5 Å². The number of hydrogen-bond donors (Lipinski definition) is 0. The summed E-state index contributed by atoms with van der Waals surface area (Å²) in [6.07, 6.45) is 10.6. The molecular formula is C11H18O. The van der Waals surface area contributed by atoms with E-state index in [1.807, 2.05) is 0 Å². The third-order valence-corrected chi connectivity index (χ3v) is 3.82. The summed E-state index contributed by atoms with van der Waals surface area (Å²) in [6.45, 7) is 0. The second-order valence-corrected chi connectivity index (χ2v) is 4.51. The van der Waals surface area contributed by atoms with E-state index in [4.69, 9.17) is 0 Å². The summed E-state index contributed by atoms with van der Waals surface area (Å²) in [7, 11) is 0. The van der Waals surface area contributed by atoms with Gasteiger partial charge in [-0.1, -0.05) is 19.3 Å². The molecule has 2 fully saturated rings. The van der Waals surface area contributed by atoms with E-state index in [0.717, 1.165) is 11.8 Å². The minimum absolute atomic E-state index is 0.412. The summed E-state index contributed by atoms with van der Waals surface area (Å²) in [4.78, 5) is 10.8. The molecule has 0 amide bonds. The summed E-state index contributed by atoms with van der Waals surface area (Å²) in [5, 5.41) is 0. The quantitative estimate of drug-likeness (QED) is 0.547. The number of carbonyl (C=O) groups is 1. The van der Waals surface area contributed by atoms with Gasteiger partial charge in [-0.2, -0.15) is 0 Å². The Morgan fingerprint density at radius 3 is 2.58 bits per heavy atom. The average molecular weight is 166 g/mol. The number of aldehydes is 1. The maximum atomic E-state index is 10.8. The van der Waals surface area contributed by atoms with Gasteiger partial charge in [0.15, 0.2) is 0 Å². The van der Waals surface area contributed by atoms with Gasteiger partial charge in [0.1, 0.15) is 6.29 Å². The molecule has 2 aliphatic carbocycles. The highest BCUT2D eigenvalue weighted by Crippen LogP contribution is 2.39. The highest BCUT2D eigenvalue weighted by Gasteiger charge is 2.29. The van der Waals surface area contributed by atoms with Crippen molar-refractivity contribution in [1.82, 2.24) is 0 Å². The molecule has 2 aliphatic rings. The van der Waals surface area contributed by atoms with Gasteiger partial charge in [-0.15, -0.1) is 0 Å². The van der Waals surface area contributed by atoms with Gasteiger partial charge >= 0.3 is 0 Å². The van der Waals surface area contributed by atoms with E-state index in [9.17, 15) is 4.79 Å². The monoisotopic (exact) mass is 166 g/mol. The number of fused-ring (bicyclic) bond motifs is 3. The summed E-state index contributed by atoms with van der Waals surface area (Å²) in [6, 6.07) is 0. The molecule has 68 valence electrons. The fourth-order valence-corrected chi connectivity index (χ4v) is 2.97. The molecule has 0 aliphatic heterocycles. The van der Waals surface area contributed by atoms with E-state index < -0.39 is 0 Å². The van der Waals surface area contributed by atoms with Crippen molar-refractivity contribution < 1.29 is 4.79 Å². The number of carbonyl (C=O) groups excluding carboxylic acids is 1. The van der Waals surface area contributed by atoms with Gasteiger partial charge in [0.2, 0.25) is 0 Å². The van der Waals surface area contributed by atoms with Gasteiger partial charge in [-0.3, -0.25) is 0 Å². The summed E-state index contributed by atoms with van der Waals surface area (Å²) in [5.74, 6) is 2.12. The van der Waals surface area contributed by atoms with E-state index in [0.29, 0.717) is 5.92 Å². The number of rotatable bonds is 1. The molecule has 0 radical (unpaired) electrons. The van der Waals surface area contributed by atoms with Crippen LogP contribution in [0.3, 0.4) is 0 Å². The van der Waals surface area contributed by atoms with E-state index in [1.54, 1.807) is 0 Å². The zero-order valence-corrected chi connectivity index (χ0v) is 7.67. The Kier molecular flexibility index (Phi) is 2.48. The predicted octanol–water partition coefficient (Wildman–Crippen LogP) is 2.79. The Labute approximate surface area is 74.5 Å². The third kappa shape index (κ3) is 1.55. The van der Waals surface area contributed by atoms with Gasteiger partial charge in [0, 0.05) is 5.92 Å². The van der Waals surface area contributed by atoms with Crippen LogP contribution in [0.4, 0.5) is 0 Å². The molecule has 0 saturated heterocycles. The first kappa shape index (κ1) is 8.28. The van der Waals surface area contributed by atoms with Gasteiger partial charge in [0.05, 0.1) is 0 Å². The van der Waals surface area contributed by atoms with Crippen LogP contribution in [0.1, 0.15) is 44.9 Å². The van der Waals surface area contributed by atoms with Crippen LogP contribution >= 0.6 is 0 Å². The van der Waals surface area contributed by atoms with Crippen molar-refractivity contribution in [3.05, 3.63) is 0 Å². The summed E-state index contributed by atoms with van der Waals surface area (Å²) < 4.78 is 0. The van der Waals surface area contributed by atoms with E-state index in [-0.39, 0.29) is 0 Å². The molecule has 12 heavy (non-hydrogen) atoms. The maximum absolute atomic E-state index is 10.8. The molecule has 0 spiro atoms. The van der Waals surface area contributed by atoms with Crippen molar-refractivity contribution in [2.75, 3.05) is 0 Å². The topological polar surface area (TPSA) is 17.1 Å². The van der Waals surface area contributed by atoms with Crippen LogP contribution in [0.15, 0.2) is 0 Å². The fraction of sp³-hybridized carbons (Fsp3) is 0.909. The van der Waals surface area contributed by atoms with Crippen molar-refractivity contribution >= 4 is 6.29 Å². The molecule has 0 aromatic rings. The van der Waals surface area contributed by atoms with Crippen molar-refractivity contribution in [3.63, 3.8) is 0 Å². The number of hydrogen-bond acceptors (Lipinski definition) is 1. The van der Waals surface area contributed by atoms with E-state index in [1.165, 1.54) is 51.2 Å². The van der Waals surface area contributed by atoms with E-state index in [2.05, 4.69) is 0 Å². The SMILES string of the molecule is O=CC1CCC2CCCC1CC2. The Bertz CT molecular complexity index is 164. The molecule has 1 heteroatoms. The highest BCUT2D eigenvalue weighted by molar-refractivity contribution is 5.54. The molecule has 0 aromatic carbocycles. The van der Waals surface area contributed by atoms with Gasteiger partial charge in [0.25, 0.3) is 0 Å². The molecule has 2 bridgehead atoms. The lowest BCUT2D eigenvalue weighted by Crippen LogP contribution is -2.15. The smallest absolute Gasteiger partial charge is 0.123 e. The third-order valence-electron chi connectivity index (χ3n) is 3.82. The van der Waals surface area contributed by atoms with Crippen LogP contribution in [0, 0.1) is 17.8 Å². The molecule has 0 heterocycles. The van der Waals surface area contributed by atoms with Crippen molar-refractivity contribution in [1.29, 1.82) is 0 Å². The van der Waals surface area contributed by atoms with Crippen LogP contribution in [0.25, 0.3) is 0 Å². The maximum Gasteiger partial charge on any atom is 0.123 e. The van der Waals surface area contributed by atoms with Crippen molar-refractivity contribution in [3.8, 4) is 0 Å².